The Bertz CT molecular complexity index is 266. The van der Waals surface area contributed by atoms with Gasteiger partial charge in [-0.15, -0.1) is 24.8 Å². The molecular weight excluding hydrogens is 247 g/mol. The van der Waals surface area contributed by atoms with E-state index >= 15 is 0 Å². The number of halogens is 2. The predicted octanol–water partition coefficient (Wildman–Crippen LogP) is 2.19. The second kappa shape index (κ2) is 8.76. The van der Waals surface area contributed by atoms with Crippen LogP contribution in [0.5, 0.6) is 0 Å². The zero-order chi connectivity index (χ0) is 9.64. The monoisotopic (exact) mass is 264 g/mol. The van der Waals surface area contributed by atoms with Crippen molar-refractivity contribution in [2.24, 2.45) is 0 Å². The van der Waals surface area contributed by atoms with E-state index in [1.165, 1.54) is 18.4 Å². The van der Waals surface area contributed by atoms with E-state index in [1.807, 2.05) is 24.5 Å². The van der Waals surface area contributed by atoms with Crippen molar-refractivity contribution in [1.82, 2.24) is 10.3 Å². The molecule has 0 aliphatic carbocycles. The van der Waals surface area contributed by atoms with Crippen molar-refractivity contribution in [3.05, 3.63) is 30.1 Å². The summed E-state index contributed by atoms with van der Waals surface area (Å²) in [6, 6.07) is 4.06. The highest BCUT2D eigenvalue weighted by molar-refractivity contribution is 5.85. The van der Waals surface area contributed by atoms with E-state index in [0.29, 0.717) is 6.10 Å². The van der Waals surface area contributed by atoms with Gasteiger partial charge >= 0.3 is 0 Å². The molecule has 5 heteroatoms. The first-order valence-electron chi connectivity index (χ1n) is 5.16. The molecule has 1 aromatic rings. The van der Waals surface area contributed by atoms with Gasteiger partial charge < -0.3 is 10.1 Å². The molecule has 0 spiro atoms. The van der Waals surface area contributed by atoms with Gasteiger partial charge in [0.05, 0.1) is 6.10 Å². The molecule has 1 aliphatic rings. The molecule has 1 aliphatic heterocycles. The van der Waals surface area contributed by atoms with Gasteiger partial charge in [0.25, 0.3) is 0 Å². The van der Waals surface area contributed by atoms with E-state index in [1.54, 1.807) is 0 Å². The molecule has 1 N–H and O–H groups in total. The fraction of sp³-hybridized carbons (Fsp3) is 0.545. The van der Waals surface area contributed by atoms with E-state index in [0.717, 1.165) is 19.7 Å². The maximum atomic E-state index is 5.52. The molecule has 0 amide bonds. The molecule has 1 unspecified atom stereocenters. The van der Waals surface area contributed by atoms with Crippen LogP contribution in [-0.4, -0.2) is 24.2 Å². The van der Waals surface area contributed by atoms with Gasteiger partial charge in [0.15, 0.2) is 0 Å². The smallest absolute Gasteiger partial charge is 0.0700 e. The lowest BCUT2D eigenvalue weighted by Gasteiger charge is -2.10. The molecule has 1 fully saturated rings. The highest BCUT2D eigenvalue weighted by atomic mass is 35.5. The van der Waals surface area contributed by atoms with E-state index in [9.17, 15) is 0 Å². The molecule has 0 saturated carbocycles. The lowest BCUT2D eigenvalue weighted by molar-refractivity contribution is 0.110. The molecule has 0 aromatic carbocycles. The fourth-order valence-electron chi connectivity index (χ4n) is 1.68. The minimum Gasteiger partial charge on any atom is -0.377 e. The summed E-state index contributed by atoms with van der Waals surface area (Å²) >= 11 is 0. The summed E-state index contributed by atoms with van der Waals surface area (Å²) in [4.78, 5) is 3.98. The van der Waals surface area contributed by atoms with Crippen LogP contribution in [0, 0.1) is 0 Å². The number of nitrogens with zero attached hydrogens (tertiary/aromatic N) is 1. The molecule has 0 radical (unpaired) electrons. The van der Waals surface area contributed by atoms with Crippen molar-refractivity contribution in [2.45, 2.75) is 25.5 Å². The van der Waals surface area contributed by atoms with Crippen LogP contribution in [0.15, 0.2) is 24.5 Å². The Morgan fingerprint density at radius 3 is 2.69 bits per heavy atom. The zero-order valence-electron chi connectivity index (χ0n) is 9.09. The van der Waals surface area contributed by atoms with Gasteiger partial charge in [0, 0.05) is 32.1 Å². The average molecular weight is 265 g/mol. The van der Waals surface area contributed by atoms with Gasteiger partial charge in [-0.2, -0.15) is 0 Å². The first-order chi connectivity index (χ1) is 6.95. The van der Waals surface area contributed by atoms with E-state index in [-0.39, 0.29) is 24.8 Å². The van der Waals surface area contributed by atoms with Crippen molar-refractivity contribution in [2.75, 3.05) is 13.2 Å². The second-order valence-electron chi connectivity index (χ2n) is 3.62. The van der Waals surface area contributed by atoms with Gasteiger partial charge in [0.1, 0.15) is 0 Å². The molecule has 1 atom stereocenters. The van der Waals surface area contributed by atoms with Crippen LogP contribution in [0.1, 0.15) is 18.4 Å². The van der Waals surface area contributed by atoms with E-state index in [2.05, 4.69) is 10.3 Å². The first kappa shape index (κ1) is 15.7. The van der Waals surface area contributed by atoms with Crippen molar-refractivity contribution >= 4 is 24.8 Å². The van der Waals surface area contributed by atoms with Gasteiger partial charge in [-0.1, -0.05) is 0 Å². The van der Waals surface area contributed by atoms with Gasteiger partial charge in [-0.3, -0.25) is 4.98 Å². The molecule has 16 heavy (non-hydrogen) atoms. The maximum Gasteiger partial charge on any atom is 0.0700 e. The minimum absolute atomic E-state index is 0. The highest BCUT2D eigenvalue weighted by Crippen LogP contribution is 2.10. The Balaban J connectivity index is 0.00000112. The summed E-state index contributed by atoms with van der Waals surface area (Å²) in [6.45, 7) is 2.80. The predicted molar refractivity (Wildman–Crippen MR) is 69.4 cm³/mol. The number of rotatable bonds is 4. The number of hydrogen-bond acceptors (Lipinski definition) is 3. The molecule has 1 aromatic heterocycles. The third-order valence-corrected chi connectivity index (χ3v) is 2.47. The Hall–Kier alpha value is -0.350. The Labute approximate surface area is 109 Å². The normalized spacial score (nSPS) is 18.6. The van der Waals surface area contributed by atoms with Crippen LogP contribution in [0.3, 0.4) is 0 Å². The zero-order valence-corrected chi connectivity index (χ0v) is 10.7. The number of ether oxygens (including phenoxy) is 1. The van der Waals surface area contributed by atoms with Gasteiger partial charge in [0.2, 0.25) is 0 Å². The van der Waals surface area contributed by atoms with Crippen LogP contribution >= 0.6 is 24.8 Å². The topological polar surface area (TPSA) is 34.1 Å². The molecule has 0 bridgehead atoms. The maximum absolute atomic E-state index is 5.52. The van der Waals surface area contributed by atoms with Crippen molar-refractivity contribution in [3.63, 3.8) is 0 Å². The summed E-state index contributed by atoms with van der Waals surface area (Å²) in [5, 5.41) is 3.39. The number of pyridine rings is 1. The molecule has 2 rings (SSSR count). The minimum atomic E-state index is 0. The van der Waals surface area contributed by atoms with Crippen LogP contribution in [-0.2, 0) is 11.3 Å². The Morgan fingerprint density at radius 1 is 1.31 bits per heavy atom. The molecule has 92 valence electrons. The van der Waals surface area contributed by atoms with E-state index in [4.69, 9.17) is 4.74 Å². The Morgan fingerprint density at radius 2 is 2.06 bits per heavy atom. The summed E-state index contributed by atoms with van der Waals surface area (Å²) in [6.07, 6.45) is 6.48. The third kappa shape index (κ3) is 5.12. The van der Waals surface area contributed by atoms with Crippen LogP contribution in [0.4, 0.5) is 0 Å². The summed E-state index contributed by atoms with van der Waals surface area (Å²) in [5.41, 5.74) is 1.28. The first-order valence-corrected chi connectivity index (χ1v) is 5.16. The fourth-order valence-corrected chi connectivity index (χ4v) is 1.68. The third-order valence-electron chi connectivity index (χ3n) is 2.47. The number of nitrogens with one attached hydrogen (secondary N) is 1. The quantitative estimate of drug-likeness (QED) is 0.906. The summed E-state index contributed by atoms with van der Waals surface area (Å²) < 4.78 is 5.52. The van der Waals surface area contributed by atoms with Crippen molar-refractivity contribution in [3.8, 4) is 0 Å². The molecule has 2 heterocycles. The molecule has 3 nitrogen and oxygen atoms in total. The van der Waals surface area contributed by atoms with Gasteiger partial charge in [-0.25, -0.2) is 0 Å². The van der Waals surface area contributed by atoms with Crippen LogP contribution in [0.25, 0.3) is 0 Å². The number of aromatic nitrogens is 1. The lowest BCUT2D eigenvalue weighted by Crippen LogP contribution is -2.25. The van der Waals surface area contributed by atoms with E-state index < -0.39 is 0 Å². The number of hydrogen-bond donors (Lipinski definition) is 1. The molecular formula is C11H18Cl2N2O. The van der Waals surface area contributed by atoms with Crippen LogP contribution < -0.4 is 5.32 Å². The highest BCUT2D eigenvalue weighted by Gasteiger charge is 2.14. The van der Waals surface area contributed by atoms with Crippen molar-refractivity contribution in [1.29, 1.82) is 0 Å². The molecule has 1 saturated heterocycles. The van der Waals surface area contributed by atoms with Crippen LogP contribution in [0.2, 0.25) is 0 Å². The Kier molecular flexibility index (Phi) is 8.57. The van der Waals surface area contributed by atoms with Crippen molar-refractivity contribution < 1.29 is 4.74 Å². The largest absolute Gasteiger partial charge is 0.377 e. The summed E-state index contributed by atoms with van der Waals surface area (Å²) in [7, 11) is 0. The van der Waals surface area contributed by atoms with Gasteiger partial charge in [-0.05, 0) is 30.5 Å². The lowest BCUT2D eigenvalue weighted by atomic mass is 10.2. The SMILES string of the molecule is Cl.Cl.c1cc(CNCC2CCCO2)ccn1. The second-order valence-corrected chi connectivity index (χ2v) is 3.62. The standard InChI is InChI=1S/C11H16N2O.2ClH/c1-2-11(14-7-1)9-13-8-10-3-5-12-6-4-10;;/h3-6,11,13H,1-2,7-9H2;2*1H. The average Bonchev–Trinajstić information content (AvgIpc) is 2.72. The summed E-state index contributed by atoms with van der Waals surface area (Å²) in [5.74, 6) is 0.